The van der Waals surface area contributed by atoms with Crippen LogP contribution in [0.5, 0.6) is 0 Å². The van der Waals surface area contributed by atoms with Gasteiger partial charge in [0, 0.05) is 23.7 Å². The molecule has 0 unspecified atom stereocenters. The SMILES string of the molecule is Cc1c[nH]c(=O)n1-c1ccc(-c2noc(-c3ncccc3Cl)n2)cc1. The smallest absolute Gasteiger partial charge is 0.330 e. The molecule has 1 aromatic carbocycles. The summed E-state index contributed by atoms with van der Waals surface area (Å²) < 4.78 is 6.84. The molecule has 0 fully saturated rings. The number of pyridine rings is 1. The van der Waals surface area contributed by atoms with Gasteiger partial charge in [-0.15, -0.1) is 0 Å². The van der Waals surface area contributed by atoms with Crippen LogP contribution in [0.1, 0.15) is 5.69 Å². The van der Waals surface area contributed by atoms with Crippen molar-refractivity contribution >= 4 is 11.6 Å². The lowest BCUT2D eigenvalue weighted by atomic mass is 10.2. The van der Waals surface area contributed by atoms with Gasteiger partial charge in [0.05, 0.1) is 10.7 Å². The number of halogens is 1. The van der Waals surface area contributed by atoms with Crippen molar-refractivity contribution in [3.63, 3.8) is 0 Å². The molecule has 3 aromatic heterocycles. The molecule has 25 heavy (non-hydrogen) atoms. The van der Waals surface area contributed by atoms with Gasteiger partial charge in [0.1, 0.15) is 5.69 Å². The number of nitrogens with one attached hydrogen (secondary N) is 1. The normalized spacial score (nSPS) is 11.0. The minimum Gasteiger partial charge on any atom is -0.332 e. The Bertz CT molecular complexity index is 1090. The molecule has 0 spiro atoms. The first kappa shape index (κ1) is 15.3. The van der Waals surface area contributed by atoms with E-state index in [1.807, 2.05) is 31.2 Å². The molecule has 0 aliphatic rings. The predicted molar refractivity (Wildman–Crippen MR) is 92.7 cm³/mol. The van der Waals surface area contributed by atoms with Crippen molar-refractivity contribution in [2.24, 2.45) is 0 Å². The van der Waals surface area contributed by atoms with Crippen molar-refractivity contribution in [2.75, 3.05) is 0 Å². The maximum absolute atomic E-state index is 11.8. The van der Waals surface area contributed by atoms with Crippen molar-refractivity contribution in [3.8, 4) is 28.7 Å². The molecule has 1 N–H and O–H groups in total. The zero-order valence-electron chi connectivity index (χ0n) is 13.1. The molecule has 0 radical (unpaired) electrons. The van der Waals surface area contributed by atoms with Crippen LogP contribution in [0.2, 0.25) is 5.02 Å². The molecule has 0 amide bonds. The lowest BCUT2D eigenvalue weighted by Gasteiger charge is -2.04. The number of imidazole rings is 1. The molecular weight excluding hydrogens is 342 g/mol. The Balaban J connectivity index is 1.68. The molecule has 0 saturated heterocycles. The number of hydrogen-bond donors (Lipinski definition) is 1. The van der Waals surface area contributed by atoms with Gasteiger partial charge in [0.25, 0.3) is 5.89 Å². The summed E-state index contributed by atoms with van der Waals surface area (Å²) in [4.78, 5) is 23.0. The van der Waals surface area contributed by atoms with Crippen molar-refractivity contribution < 1.29 is 4.52 Å². The van der Waals surface area contributed by atoms with Gasteiger partial charge in [-0.1, -0.05) is 16.8 Å². The highest BCUT2D eigenvalue weighted by molar-refractivity contribution is 6.32. The number of rotatable bonds is 3. The van der Waals surface area contributed by atoms with Crippen LogP contribution in [0, 0.1) is 6.92 Å². The highest BCUT2D eigenvalue weighted by Crippen LogP contribution is 2.26. The summed E-state index contributed by atoms with van der Waals surface area (Å²) in [6.07, 6.45) is 3.27. The van der Waals surface area contributed by atoms with Crippen LogP contribution < -0.4 is 5.69 Å². The van der Waals surface area contributed by atoms with Crippen molar-refractivity contribution in [1.82, 2.24) is 24.7 Å². The quantitative estimate of drug-likeness (QED) is 0.610. The summed E-state index contributed by atoms with van der Waals surface area (Å²) in [7, 11) is 0. The molecule has 4 rings (SSSR count). The highest BCUT2D eigenvalue weighted by Gasteiger charge is 2.14. The first-order valence-corrected chi connectivity index (χ1v) is 7.84. The van der Waals surface area contributed by atoms with Gasteiger partial charge in [-0.25, -0.2) is 9.78 Å². The van der Waals surface area contributed by atoms with E-state index in [-0.39, 0.29) is 11.6 Å². The van der Waals surface area contributed by atoms with E-state index in [1.54, 1.807) is 29.1 Å². The third-order valence-corrected chi connectivity index (χ3v) is 4.04. The van der Waals surface area contributed by atoms with Crippen LogP contribution in [-0.4, -0.2) is 24.7 Å². The Hall–Kier alpha value is -3.19. The molecule has 0 aliphatic heterocycles. The average Bonchev–Trinajstić information content (AvgIpc) is 3.23. The van der Waals surface area contributed by atoms with Gasteiger partial charge < -0.3 is 9.51 Å². The van der Waals surface area contributed by atoms with Crippen LogP contribution >= 0.6 is 11.6 Å². The van der Waals surface area contributed by atoms with Gasteiger partial charge in [-0.3, -0.25) is 4.57 Å². The monoisotopic (exact) mass is 353 g/mol. The summed E-state index contributed by atoms with van der Waals surface area (Å²) in [6.45, 7) is 1.86. The van der Waals surface area contributed by atoms with E-state index in [1.165, 1.54) is 0 Å². The minimum absolute atomic E-state index is 0.183. The van der Waals surface area contributed by atoms with Crippen molar-refractivity contribution in [1.29, 1.82) is 0 Å². The molecule has 0 aliphatic carbocycles. The predicted octanol–water partition coefficient (Wildman–Crippen LogP) is 3.24. The maximum Gasteiger partial charge on any atom is 0.330 e. The summed E-state index contributed by atoms with van der Waals surface area (Å²) in [5.74, 6) is 0.670. The second-order valence-electron chi connectivity index (χ2n) is 5.37. The second kappa shape index (κ2) is 6.03. The molecule has 7 nitrogen and oxygen atoms in total. The Morgan fingerprint density at radius 3 is 2.68 bits per heavy atom. The zero-order valence-corrected chi connectivity index (χ0v) is 13.9. The summed E-state index contributed by atoms with van der Waals surface area (Å²) >= 11 is 6.10. The molecule has 124 valence electrons. The van der Waals surface area contributed by atoms with Crippen LogP contribution in [0.4, 0.5) is 0 Å². The van der Waals surface area contributed by atoms with Gasteiger partial charge in [0.15, 0.2) is 0 Å². The van der Waals surface area contributed by atoms with E-state index in [0.717, 1.165) is 16.9 Å². The Kier molecular flexibility index (Phi) is 3.70. The second-order valence-corrected chi connectivity index (χ2v) is 5.78. The lowest BCUT2D eigenvalue weighted by Crippen LogP contribution is -2.15. The van der Waals surface area contributed by atoms with Gasteiger partial charge in [-0.05, 0) is 43.3 Å². The fourth-order valence-electron chi connectivity index (χ4n) is 2.52. The molecular formula is C17H12ClN5O2. The summed E-state index contributed by atoms with van der Waals surface area (Å²) in [5, 5.41) is 4.41. The van der Waals surface area contributed by atoms with E-state index >= 15 is 0 Å². The van der Waals surface area contributed by atoms with E-state index in [9.17, 15) is 4.79 Å². The van der Waals surface area contributed by atoms with Gasteiger partial charge >= 0.3 is 5.69 Å². The van der Waals surface area contributed by atoms with Crippen LogP contribution in [-0.2, 0) is 0 Å². The van der Waals surface area contributed by atoms with Gasteiger partial charge in [0.2, 0.25) is 5.82 Å². The third kappa shape index (κ3) is 2.74. The first-order chi connectivity index (χ1) is 12.1. The molecule has 8 heteroatoms. The number of H-pyrrole nitrogens is 1. The first-order valence-electron chi connectivity index (χ1n) is 7.46. The van der Waals surface area contributed by atoms with E-state index in [2.05, 4.69) is 20.1 Å². The van der Waals surface area contributed by atoms with Crippen molar-refractivity contribution in [3.05, 3.63) is 70.0 Å². The number of benzene rings is 1. The summed E-state index contributed by atoms with van der Waals surface area (Å²) in [5.41, 5.74) is 2.59. The Morgan fingerprint density at radius 1 is 1.20 bits per heavy atom. The van der Waals surface area contributed by atoms with E-state index < -0.39 is 0 Å². The fourth-order valence-corrected chi connectivity index (χ4v) is 2.72. The summed E-state index contributed by atoms with van der Waals surface area (Å²) in [6, 6.07) is 10.7. The highest BCUT2D eigenvalue weighted by atomic mass is 35.5. The van der Waals surface area contributed by atoms with Crippen LogP contribution in [0.3, 0.4) is 0 Å². The van der Waals surface area contributed by atoms with E-state index in [0.29, 0.717) is 16.5 Å². The Morgan fingerprint density at radius 2 is 2.00 bits per heavy atom. The third-order valence-electron chi connectivity index (χ3n) is 3.73. The van der Waals surface area contributed by atoms with Crippen LogP contribution in [0.25, 0.3) is 28.7 Å². The topological polar surface area (TPSA) is 89.6 Å². The molecule has 0 bridgehead atoms. The number of aromatic nitrogens is 5. The standard InChI is InChI=1S/C17H12ClN5O2/c1-10-9-20-17(24)23(10)12-6-4-11(5-7-12)15-21-16(25-22-15)14-13(18)3-2-8-19-14/h2-9H,1H3,(H,20,24). The van der Waals surface area contributed by atoms with Crippen LogP contribution in [0.15, 0.2) is 58.1 Å². The molecule has 0 atom stereocenters. The van der Waals surface area contributed by atoms with Gasteiger partial charge in [-0.2, -0.15) is 4.98 Å². The molecule has 4 aromatic rings. The largest absolute Gasteiger partial charge is 0.332 e. The number of aryl methyl sites for hydroxylation is 1. The Labute approximate surface area is 146 Å². The van der Waals surface area contributed by atoms with Crippen molar-refractivity contribution in [2.45, 2.75) is 6.92 Å². The number of aromatic amines is 1. The molecule has 0 saturated carbocycles. The van der Waals surface area contributed by atoms with E-state index in [4.69, 9.17) is 16.1 Å². The molecule has 3 heterocycles. The minimum atomic E-state index is -0.183. The maximum atomic E-state index is 11.8. The number of nitrogens with zero attached hydrogens (tertiary/aromatic N) is 4. The lowest BCUT2D eigenvalue weighted by molar-refractivity contribution is 0.431. The fraction of sp³-hybridized carbons (Fsp3) is 0.0588. The zero-order chi connectivity index (χ0) is 17.4. The number of hydrogen-bond acceptors (Lipinski definition) is 5. The average molecular weight is 354 g/mol.